The lowest BCUT2D eigenvalue weighted by molar-refractivity contribution is 0.333. The molecule has 0 aromatic heterocycles. The van der Waals surface area contributed by atoms with Crippen LogP contribution in [0.2, 0.25) is 0 Å². The third-order valence-corrected chi connectivity index (χ3v) is 6.36. The second-order valence-electron chi connectivity index (χ2n) is 5.41. The highest BCUT2D eigenvalue weighted by Crippen LogP contribution is 2.36. The van der Waals surface area contributed by atoms with Crippen LogP contribution in [0.3, 0.4) is 0 Å². The van der Waals surface area contributed by atoms with Crippen LogP contribution >= 0.6 is 0 Å². The van der Waals surface area contributed by atoms with E-state index >= 15 is 0 Å². The van der Waals surface area contributed by atoms with Crippen LogP contribution in [-0.4, -0.2) is 33.9 Å². The summed E-state index contributed by atoms with van der Waals surface area (Å²) >= 11 is 0. The van der Waals surface area contributed by atoms with Gasteiger partial charge in [0.2, 0.25) is 0 Å². The number of methoxy groups -OCH3 is 2. The Kier molecular flexibility index (Phi) is 4.49. The van der Waals surface area contributed by atoms with Crippen LogP contribution in [0.25, 0.3) is 0 Å². The smallest absolute Gasteiger partial charge is 0.180 e. The number of sulfone groups is 1. The second kappa shape index (κ2) is 5.85. The molecule has 2 rings (SSSR count). The van der Waals surface area contributed by atoms with E-state index in [1.807, 2.05) is 13.8 Å². The molecule has 1 aromatic rings. The fraction of sp³-hybridized carbons (Fsp3) is 0.600. The maximum atomic E-state index is 12.8. The summed E-state index contributed by atoms with van der Waals surface area (Å²) in [6, 6.07) is 3.33. The summed E-state index contributed by atoms with van der Waals surface area (Å²) in [7, 11) is -0.311. The summed E-state index contributed by atoms with van der Waals surface area (Å²) in [5.41, 5.74) is 0.356. The van der Waals surface area contributed by atoms with Crippen molar-refractivity contribution in [2.45, 2.75) is 43.7 Å². The van der Waals surface area contributed by atoms with E-state index in [2.05, 4.69) is 5.32 Å². The Labute approximate surface area is 126 Å². The fourth-order valence-corrected chi connectivity index (χ4v) is 5.02. The minimum atomic E-state index is -3.37. The van der Waals surface area contributed by atoms with Crippen LogP contribution in [0.15, 0.2) is 17.0 Å². The van der Waals surface area contributed by atoms with E-state index in [4.69, 9.17) is 9.47 Å². The Bertz CT molecular complexity index is 621. The molecular formula is C15H23NO4S. The Hall–Kier alpha value is -1.27. The van der Waals surface area contributed by atoms with Gasteiger partial charge in [0.15, 0.2) is 21.3 Å². The first-order valence-electron chi connectivity index (χ1n) is 7.14. The molecule has 0 aliphatic carbocycles. The number of fused-ring (bicyclic) bond motifs is 1. The summed E-state index contributed by atoms with van der Waals surface area (Å²) in [5.74, 6) is 1.10. The standard InChI is InChI=1S/C15H23NO4S/c1-5-15(6-2)10-21(17,18)14-8-13(20-4)12(19-3)7-11(14)9-16-15/h7-8,16H,5-6,9-10H2,1-4H3. The molecule has 1 N–H and O–H groups in total. The predicted octanol–water partition coefficient (Wildman–Crippen LogP) is 2.14. The molecule has 0 radical (unpaired) electrons. The van der Waals surface area contributed by atoms with Crippen LogP contribution in [0, 0.1) is 0 Å². The van der Waals surface area contributed by atoms with Crippen LogP contribution in [-0.2, 0) is 16.4 Å². The lowest BCUT2D eigenvalue weighted by Gasteiger charge is -2.30. The number of benzene rings is 1. The van der Waals surface area contributed by atoms with Crippen molar-refractivity contribution in [3.05, 3.63) is 17.7 Å². The second-order valence-corrected chi connectivity index (χ2v) is 7.37. The molecule has 0 saturated carbocycles. The maximum absolute atomic E-state index is 12.8. The molecule has 1 heterocycles. The van der Waals surface area contributed by atoms with Crippen molar-refractivity contribution in [1.82, 2.24) is 5.32 Å². The average Bonchev–Trinajstić information content (AvgIpc) is 2.60. The monoisotopic (exact) mass is 313 g/mol. The molecule has 1 aliphatic heterocycles. The van der Waals surface area contributed by atoms with Gasteiger partial charge in [-0.2, -0.15) is 0 Å². The van der Waals surface area contributed by atoms with Crippen LogP contribution < -0.4 is 14.8 Å². The highest BCUT2D eigenvalue weighted by molar-refractivity contribution is 7.91. The molecule has 0 bridgehead atoms. The van der Waals surface area contributed by atoms with Crippen molar-refractivity contribution >= 4 is 9.84 Å². The number of hydrogen-bond acceptors (Lipinski definition) is 5. The van der Waals surface area contributed by atoms with Crippen molar-refractivity contribution in [3.8, 4) is 11.5 Å². The fourth-order valence-electron chi connectivity index (χ4n) is 2.81. The first kappa shape index (κ1) is 16.1. The summed E-state index contributed by atoms with van der Waals surface area (Å²) in [4.78, 5) is 0.344. The first-order chi connectivity index (χ1) is 9.91. The van der Waals surface area contributed by atoms with Crippen molar-refractivity contribution in [2.75, 3.05) is 20.0 Å². The topological polar surface area (TPSA) is 64.6 Å². The van der Waals surface area contributed by atoms with Gasteiger partial charge in [0.25, 0.3) is 0 Å². The van der Waals surface area contributed by atoms with Crippen LogP contribution in [0.4, 0.5) is 0 Å². The van der Waals surface area contributed by atoms with Gasteiger partial charge < -0.3 is 14.8 Å². The molecule has 5 nitrogen and oxygen atoms in total. The van der Waals surface area contributed by atoms with E-state index in [0.29, 0.717) is 22.9 Å². The van der Waals surface area contributed by atoms with Gasteiger partial charge in [-0.25, -0.2) is 8.42 Å². The molecule has 21 heavy (non-hydrogen) atoms. The quantitative estimate of drug-likeness (QED) is 0.922. The zero-order chi connectivity index (χ0) is 15.7. The Morgan fingerprint density at radius 1 is 1.14 bits per heavy atom. The minimum absolute atomic E-state index is 0.107. The summed E-state index contributed by atoms with van der Waals surface area (Å²) in [5, 5.41) is 3.42. The molecule has 0 saturated heterocycles. The van der Waals surface area contributed by atoms with E-state index in [0.717, 1.165) is 18.4 Å². The largest absolute Gasteiger partial charge is 0.493 e. The molecule has 118 valence electrons. The molecule has 0 unspecified atom stereocenters. The molecule has 6 heteroatoms. The zero-order valence-corrected chi connectivity index (χ0v) is 13.8. The number of nitrogens with one attached hydrogen (secondary N) is 1. The van der Waals surface area contributed by atoms with Gasteiger partial charge in [-0.15, -0.1) is 0 Å². The van der Waals surface area contributed by atoms with Crippen molar-refractivity contribution in [1.29, 1.82) is 0 Å². The van der Waals surface area contributed by atoms with E-state index in [-0.39, 0.29) is 11.3 Å². The van der Waals surface area contributed by atoms with Crippen LogP contribution in [0.1, 0.15) is 32.3 Å². The SMILES string of the molecule is CCC1(CC)CS(=O)(=O)c2cc(OC)c(OC)cc2CN1. The molecule has 0 spiro atoms. The van der Waals surface area contributed by atoms with Gasteiger partial charge in [-0.1, -0.05) is 13.8 Å². The van der Waals surface area contributed by atoms with E-state index in [1.165, 1.54) is 7.11 Å². The lowest BCUT2D eigenvalue weighted by Crippen LogP contribution is -2.47. The highest BCUT2D eigenvalue weighted by Gasteiger charge is 2.37. The van der Waals surface area contributed by atoms with Crippen molar-refractivity contribution in [2.24, 2.45) is 0 Å². The van der Waals surface area contributed by atoms with Gasteiger partial charge in [0.05, 0.1) is 24.9 Å². The Morgan fingerprint density at radius 3 is 2.24 bits per heavy atom. The van der Waals surface area contributed by atoms with E-state index < -0.39 is 9.84 Å². The maximum Gasteiger partial charge on any atom is 0.180 e. The third kappa shape index (κ3) is 2.87. The van der Waals surface area contributed by atoms with Gasteiger partial charge in [-0.3, -0.25) is 0 Å². The number of rotatable bonds is 4. The third-order valence-electron chi connectivity index (χ3n) is 4.38. The zero-order valence-electron chi connectivity index (χ0n) is 13.0. The normalized spacial score (nSPS) is 19.4. The van der Waals surface area contributed by atoms with Crippen molar-refractivity contribution < 1.29 is 17.9 Å². The van der Waals surface area contributed by atoms with Gasteiger partial charge in [0.1, 0.15) is 0 Å². The molecule has 0 fully saturated rings. The molecule has 1 aliphatic rings. The number of ether oxygens (including phenoxy) is 2. The van der Waals surface area contributed by atoms with E-state index in [1.54, 1.807) is 19.2 Å². The minimum Gasteiger partial charge on any atom is -0.493 e. The van der Waals surface area contributed by atoms with Gasteiger partial charge in [-0.05, 0) is 24.5 Å². The molecule has 0 atom stereocenters. The lowest BCUT2D eigenvalue weighted by atomic mass is 9.95. The summed E-state index contributed by atoms with van der Waals surface area (Å²) in [6.45, 7) is 4.54. The summed E-state index contributed by atoms with van der Waals surface area (Å²) in [6.07, 6.45) is 1.54. The molecule has 0 amide bonds. The van der Waals surface area contributed by atoms with E-state index in [9.17, 15) is 8.42 Å². The first-order valence-corrected chi connectivity index (χ1v) is 8.79. The molecule has 1 aromatic carbocycles. The Morgan fingerprint density at radius 2 is 1.71 bits per heavy atom. The van der Waals surface area contributed by atoms with Gasteiger partial charge >= 0.3 is 0 Å². The Balaban J connectivity index is 2.59. The predicted molar refractivity (Wildman–Crippen MR) is 81.8 cm³/mol. The summed E-state index contributed by atoms with van der Waals surface area (Å²) < 4.78 is 36.0. The number of hydrogen-bond donors (Lipinski definition) is 1. The van der Waals surface area contributed by atoms with Gasteiger partial charge in [0, 0.05) is 18.2 Å². The molecular weight excluding hydrogens is 290 g/mol. The van der Waals surface area contributed by atoms with Crippen LogP contribution in [0.5, 0.6) is 11.5 Å². The van der Waals surface area contributed by atoms with Crippen molar-refractivity contribution in [3.63, 3.8) is 0 Å². The average molecular weight is 313 g/mol. The highest BCUT2D eigenvalue weighted by atomic mass is 32.2.